The molecular weight excluding hydrogens is 386 g/mol. The van der Waals surface area contributed by atoms with Gasteiger partial charge in [-0.2, -0.15) is 0 Å². The SMILES string of the molecule is COc1ccc(CCC(=O)OCC(=O)NCC(=O)Nc2ccc(F)c(F)c2)cc1. The fourth-order valence-corrected chi connectivity index (χ4v) is 2.27. The van der Waals surface area contributed by atoms with Gasteiger partial charge in [-0.05, 0) is 36.2 Å². The number of esters is 1. The van der Waals surface area contributed by atoms with Crippen molar-refractivity contribution in [1.82, 2.24) is 5.32 Å². The maximum absolute atomic E-state index is 13.1. The molecule has 2 rings (SSSR count). The number of aryl methyl sites for hydroxylation is 1. The summed E-state index contributed by atoms with van der Waals surface area (Å²) in [5, 5.41) is 4.56. The highest BCUT2D eigenvalue weighted by molar-refractivity contribution is 5.94. The van der Waals surface area contributed by atoms with Crippen LogP contribution < -0.4 is 15.4 Å². The molecule has 0 heterocycles. The van der Waals surface area contributed by atoms with E-state index in [1.54, 1.807) is 19.2 Å². The Morgan fingerprint density at radius 1 is 0.966 bits per heavy atom. The maximum atomic E-state index is 13.1. The van der Waals surface area contributed by atoms with E-state index in [4.69, 9.17) is 9.47 Å². The molecule has 0 saturated heterocycles. The first kappa shape index (κ1) is 21.8. The van der Waals surface area contributed by atoms with Crippen LogP contribution in [0.4, 0.5) is 14.5 Å². The van der Waals surface area contributed by atoms with Crippen molar-refractivity contribution in [3.63, 3.8) is 0 Å². The maximum Gasteiger partial charge on any atom is 0.306 e. The molecule has 0 aliphatic rings. The Bertz CT molecular complexity index is 872. The van der Waals surface area contributed by atoms with Gasteiger partial charge in [0, 0.05) is 18.2 Å². The molecule has 9 heteroatoms. The summed E-state index contributed by atoms with van der Waals surface area (Å²) in [7, 11) is 1.56. The summed E-state index contributed by atoms with van der Waals surface area (Å²) in [6.07, 6.45) is 0.539. The second-order valence-electron chi connectivity index (χ2n) is 5.96. The van der Waals surface area contributed by atoms with Gasteiger partial charge in [0.15, 0.2) is 18.2 Å². The Hall–Kier alpha value is -3.49. The van der Waals surface area contributed by atoms with Crippen molar-refractivity contribution in [2.45, 2.75) is 12.8 Å². The summed E-state index contributed by atoms with van der Waals surface area (Å²) in [6.45, 7) is -0.943. The molecule has 0 aromatic heterocycles. The minimum Gasteiger partial charge on any atom is -0.497 e. The Morgan fingerprint density at radius 3 is 2.34 bits per heavy atom. The standard InChI is InChI=1S/C20H20F2N2O5/c1-28-15-6-2-13(3-7-15)4-9-20(27)29-12-19(26)23-11-18(25)24-14-5-8-16(21)17(22)10-14/h2-3,5-8,10H,4,9,11-12H2,1H3,(H,23,26)(H,24,25). The van der Waals surface area contributed by atoms with Gasteiger partial charge in [-0.3, -0.25) is 14.4 Å². The third-order valence-corrected chi connectivity index (χ3v) is 3.79. The van der Waals surface area contributed by atoms with Gasteiger partial charge in [0.25, 0.3) is 5.91 Å². The van der Waals surface area contributed by atoms with Crippen molar-refractivity contribution < 1.29 is 32.6 Å². The van der Waals surface area contributed by atoms with Crippen LogP contribution in [-0.4, -0.2) is 38.0 Å². The monoisotopic (exact) mass is 406 g/mol. The average Bonchev–Trinajstić information content (AvgIpc) is 2.72. The van der Waals surface area contributed by atoms with Gasteiger partial charge in [-0.1, -0.05) is 12.1 Å². The van der Waals surface area contributed by atoms with Crippen molar-refractivity contribution in [2.24, 2.45) is 0 Å². The van der Waals surface area contributed by atoms with Crippen molar-refractivity contribution in [2.75, 3.05) is 25.6 Å². The fourth-order valence-electron chi connectivity index (χ4n) is 2.27. The van der Waals surface area contributed by atoms with E-state index in [9.17, 15) is 23.2 Å². The molecular formula is C20H20F2N2O5. The van der Waals surface area contributed by atoms with Crippen LogP contribution in [0.3, 0.4) is 0 Å². The van der Waals surface area contributed by atoms with E-state index in [-0.39, 0.29) is 12.1 Å². The smallest absolute Gasteiger partial charge is 0.306 e. The third kappa shape index (κ3) is 7.57. The zero-order chi connectivity index (χ0) is 21.2. The summed E-state index contributed by atoms with van der Waals surface area (Å²) in [6, 6.07) is 10.1. The summed E-state index contributed by atoms with van der Waals surface area (Å²) < 4.78 is 35.8. The van der Waals surface area contributed by atoms with Gasteiger partial charge >= 0.3 is 5.97 Å². The van der Waals surface area contributed by atoms with Gasteiger partial charge in [0.1, 0.15) is 5.75 Å². The molecule has 2 aromatic carbocycles. The van der Waals surface area contributed by atoms with Gasteiger partial charge in [-0.15, -0.1) is 0 Å². The number of nitrogens with one attached hydrogen (secondary N) is 2. The molecule has 0 fully saturated rings. The summed E-state index contributed by atoms with van der Waals surface area (Å²) in [5.74, 6) is -3.29. The number of hydrogen-bond acceptors (Lipinski definition) is 5. The molecule has 7 nitrogen and oxygen atoms in total. The van der Waals surface area contributed by atoms with Crippen molar-refractivity contribution in [3.8, 4) is 5.75 Å². The van der Waals surface area contributed by atoms with Crippen LogP contribution in [0.25, 0.3) is 0 Å². The largest absolute Gasteiger partial charge is 0.497 e. The Labute approximate surface area is 166 Å². The topological polar surface area (TPSA) is 93.7 Å². The van der Waals surface area contributed by atoms with Crippen LogP contribution in [0.5, 0.6) is 5.75 Å². The highest BCUT2D eigenvalue weighted by Gasteiger charge is 2.11. The van der Waals surface area contributed by atoms with E-state index in [0.29, 0.717) is 12.2 Å². The second kappa shape index (κ2) is 10.7. The summed E-state index contributed by atoms with van der Waals surface area (Å²) >= 11 is 0. The number of hydrogen-bond donors (Lipinski definition) is 2. The average molecular weight is 406 g/mol. The molecule has 0 aliphatic heterocycles. The van der Waals surface area contributed by atoms with Crippen LogP contribution in [0.1, 0.15) is 12.0 Å². The first-order valence-corrected chi connectivity index (χ1v) is 8.67. The lowest BCUT2D eigenvalue weighted by atomic mass is 10.1. The minimum atomic E-state index is -1.10. The fraction of sp³-hybridized carbons (Fsp3) is 0.250. The molecule has 0 radical (unpaired) electrons. The van der Waals surface area contributed by atoms with Gasteiger partial charge in [-0.25, -0.2) is 8.78 Å². The van der Waals surface area contributed by atoms with Crippen LogP contribution in [0, 0.1) is 11.6 Å². The molecule has 154 valence electrons. The number of anilines is 1. The van der Waals surface area contributed by atoms with Crippen molar-refractivity contribution in [1.29, 1.82) is 0 Å². The normalized spacial score (nSPS) is 10.2. The highest BCUT2D eigenvalue weighted by atomic mass is 19.2. The van der Waals surface area contributed by atoms with Gasteiger partial charge in [0.05, 0.1) is 13.7 Å². The molecule has 0 unspecified atom stereocenters. The molecule has 0 spiro atoms. The zero-order valence-corrected chi connectivity index (χ0v) is 15.7. The number of carbonyl (C=O) groups is 3. The number of halogens is 2. The highest BCUT2D eigenvalue weighted by Crippen LogP contribution is 2.13. The Balaban J connectivity index is 1.64. The van der Waals surface area contributed by atoms with E-state index in [2.05, 4.69) is 10.6 Å². The van der Waals surface area contributed by atoms with Crippen LogP contribution in [0.15, 0.2) is 42.5 Å². The number of carbonyl (C=O) groups excluding carboxylic acids is 3. The molecule has 0 saturated carbocycles. The lowest BCUT2D eigenvalue weighted by molar-refractivity contribution is -0.148. The summed E-state index contributed by atoms with van der Waals surface area (Å²) in [5.41, 5.74) is 0.967. The number of methoxy groups -OCH3 is 1. The number of amides is 2. The molecule has 2 aromatic rings. The van der Waals surface area contributed by atoms with Crippen LogP contribution in [-0.2, 0) is 25.5 Å². The van der Waals surface area contributed by atoms with Crippen molar-refractivity contribution >= 4 is 23.5 Å². The molecule has 0 bridgehead atoms. The lowest BCUT2D eigenvalue weighted by Gasteiger charge is -2.08. The zero-order valence-electron chi connectivity index (χ0n) is 15.7. The van der Waals surface area contributed by atoms with E-state index in [1.165, 1.54) is 6.07 Å². The van der Waals surface area contributed by atoms with Crippen molar-refractivity contribution in [3.05, 3.63) is 59.7 Å². The number of benzene rings is 2. The number of rotatable bonds is 9. The molecule has 2 amide bonds. The molecule has 29 heavy (non-hydrogen) atoms. The minimum absolute atomic E-state index is 0.0492. The lowest BCUT2D eigenvalue weighted by Crippen LogP contribution is -2.35. The molecule has 2 N–H and O–H groups in total. The summed E-state index contributed by atoms with van der Waals surface area (Å²) in [4.78, 5) is 35.1. The quantitative estimate of drug-likeness (QED) is 0.623. The van der Waals surface area contributed by atoms with E-state index in [1.807, 2.05) is 12.1 Å². The van der Waals surface area contributed by atoms with Crippen LogP contribution in [0.2, 0.25) is 0 Å². The third-order valence-electron chi connectivity index (χ3n) is 3.79. The molecule has 0 aliphatic carbocycles. The van der Waals surface area contributed by atoms with Gasteiger partial charge < -0.3 is 20.1 Å². The Morgan fingerprint density at radius 2 is 1.69 bits per heavy atom. The predicted molar refractivity (Wildman–Crippen MR) is 100 cm³/mol. The van der Waals surface area contributed by atoms with Gasteiger partial charge in [0.2, 0.25) is 5.91 Å². The Kier molecular flexibility index (Phi) is 8.08. The first-order valence-electron chi connectivity index (χ1n) is 8.67. The number of ether oxygens (including phenoxy) is 2. The van der Waals surface area contributed by atoms with Crippen LogP contribution >= 0.6 is 0 Å². The van der Waals surface area contributed by atoms with E-state index in [0.717, 1.165) is 17.7 Å². The molecule has 0 atom stereocenters. The first-order chi connectivity index (χ1) is 13.9. The van der Waals surface area contributed by atoms with E-state index < -0.39 is 42.6 Å². The predicted octanol–water partition coefficient (Wildman–Crippen LogP) is 2.20. The van der Waals surface area contributed by atoms with E-state index >= 15 is 0 Å². The second-order valence-corrected chi connectivity index (χ2v) is 5.96.